The standard InChI is InChI=1S/C19H13Cl2N3O7/c1-9(17(26)22-13-7-10(20)5-6-12(13)21)31-15(25)8-23-18(27)11-3-2-4-14(24(29)30)16(11)19(23)28/h2-7,9H,8H2,1H3,(H,22,26). The van der Waals surface area contributed by atoms with Crippen LogP contribution >= 0.6 is 23.2 Å². The zero-order valence-electron chi connectivity index (χ0n) is 15.8. The van der Waals surface area contributed by atoms with Crippen molar-refractivity contribution in [2.45, 2.75) is 13.0 Å². The number of nitrogens with zero attached hydrogens (tertiary/aromatic N) is 2. The number of rotatable bonds is 6. The summed E-state index contributed by atoms with van der Waals surface area (Å²) in [5, 5.41) is 14.1. The fraction of sp³-hybridized carbons (Fsp3) is 0.158. The van der Waals surface area contributed by atoms with Gasteiger partial charge in [0.15, 0.2) is 6.10 Å². The summed E-state index contributed by atoms with van der Waals surface area (Å²) in [6.45, 7) is 0.456. The molecule has 12 heteroatoms. The van der Waals surface area contributed by atoms with Crippen molar-refractivity contribution in [2.24, 2.45) is 0 Å². The third kappa shape index (κ3) is 4.49. The van der Waals surface area contributed by atoms with Gasteiger partial charge in [-0.15, -0.1) is 0 Å². The van der Waals surface area contributed by atoms with E-state index in [4.69, 9.17) is 27.9 Å². The predicted octanol–water partition coefficient (Wildman–Crippen LogP) is 3.07. The van der Waals surface area contributed by atoms with E-state index < -0.39 is 52.5 Å². The number of ether oxygens (including phenoxy) is 1. The molecule has 3 amide bonds. The fourth-order valence-electron chi connectivity index (χ4n) is 2.86. The minimum Gasteiger partial charge on any atom is -0.451 e. The summed E-state index contributed by atoms with van der Waals surface area (Å²) in [6.07, 6.45) is -1.30. The zero-order chi connectivity index (χ0) is 22.9. The van der Waals surface area contributed by atoms with Crippen LogP contribution in [-0.4, -0.2) is 46.2 Å². The van der Waals surface area contributed by atoms with E-state index >= 15 is 0 Å². The van der Waals surface area contributed by atoms with Crippen LogP contribution < -0.4 is 5.32 Å². The second-order valence-electron chi connectivity index (χ2n) is 6.40. The summed E-state index contributed by atoms with van der Waals surface area (Å²) in [5.74, 6) is -3.65. The molecule has 1 heterocycles. The van der Waals surface area contributed by atoms with Gasteiger partial charge in [-0.25, -0.2) is 0 Å². The van der Waals surface area contributed by atoms with Crippen LogP contribution in [0.5, 0.6) is 0 Å². The molecule has 0 spiro atoms. The van der Waals surface area contributed by atoms with Gasteiger partial charge >= 0.3 is 5.97 Å². The number of esters is 1. The second-order valence-corrected chi connectivity index (χ2v) is 7.24. The molecule has 0 bridgehead atoms. The van der Waals surface area contributed by atoms with E-state index in [0.717, 1.165) is 6.07 Å². The third-order valence-corrected chi connectivity index (χ3v) is 4.89. The number of nitro benzene ring substituents is 1. The van der Waals surface area contributed by atoms with Crippen molar-refractivity contribution >= 4 is 58.3 Å². The van der Waals surface area contributed by atoms with Gasteiger partial charge in [0.2, 0.25) is 0 Å². The maximum absolute atomic E-state index is 12.5. The monoisotopic (exact) mass is 465 g/mol. The Balaban J connectivity index is 1.67. The Morgan fingerprint density at radius 1 is 1.19 bits per heavy atom. The molecule has 160 valence electrons. The minimum atomic E-state index is -1.30. The van der Waals surface area contributed by atoms with Gasteiger partial charge in [0.05, 0.1) is 21.2 Å². The number of nitro groups is 1. The van der Waals surface area contributed by atoms with Crippen LogP contribution in [0.4, 0.5) is 11.4 Å². The zero-order valence-corrected chi connectivity index (χ0v) is 17.3. The van der Waals surface area contributed by atoms with Gasteiger partial charge in [0, 0.05) is 11.1 Å². The summed E-state index contributed by atoms with van der Waals surface area (Å²) in [7, 11) is 0. The second kappa shape index (κ2) is 8.70. The van der Waals surface area contributed by atoms with Crippen LogP contribution in [0, 0.1) is 10.1 Å². The Hall–Kier alpha value is -3.50. The lowest BCUT2D eigenvalue weighted by Crippen LogP contribution is -2.38. The van der Waals surface area contributed by atoms with Crippen molar-refractivity contribution in [3.05, 3.63) is 67.7 Å². The maximum atomic E-state index is 12.5. The highest BCUT2D eigenvalue weighted by Crippen LogP contribution is 2.30. The van der Waals surface area contributed by atoms with Crippen molar-refractivity contribution in [3.63, 3.8) is 0 Å². The lowest BCUT2D eigenvalue weighted by Gasteiger charge is -2.17. The number of hydrogen-bond donors (Lipinski definition) is 1. The molecule has 1 aliphatic heterocycles. The van der Waals surface area contributed by atoms with Gasteiger partial charge in [0.25, 0.3) is 23.4 Å². The van der Waals surface area contributed by atoms with Crippen LogP contribution in [0.1, 0.15) is 27.6 Å². The molecule has 3 rings (SSSR count). The van der Waals surface area contributed by atoms with Crippen molar-refractivity contribution in [1.29, 1.82) is 0 Å². The Morgan fingerprint density at radius 2 is 1.90 bits per heavy atom. The molecule has 1 aliphatic rings. The van der Waals surface area contributed by atoms with E-state index in [9.17, 15) is 29.3 Å². The van der Waals surface area contributed by atoms with Crippen LogP contribution in [0.15, 0.2) is 36.4 Å². The van der Waals surface area contributed by atoms with Gasteiger partial charge in [-0.3, -0.25) is 34.2 Å². The van der Waals surface area contributed by atoms with Crippen molar-refractivity contribution in [2.75, 3.05) is 11.9 Å². The molecular formula is C19H13Cl2N3O7. The average molecular weight is 466 g/mol. The maximum Gasteiger partial charge on any atom is 0.326 e. The SMILES string of the molecule is CC(OC(=O)CN1C(=O)c2cccc([N+](=O)[O-])c2C1=O)C(=O)Nc1cc(Cl)ccc1Cl. The first-order valence-electron chi connectivity index (χ1n) is 8.69. The van der Waals surface area contributed by atoms with Crippen LogP contribution in [0.2, 0.25) is 10.0 Å². The van der Waals surface area contributed by atoms with Crippen LogP contribution in [0.25, 0.3) is 0 Å². The van der Waals surface area contributed by atoms with E-state index in [2.05, 4.69) is 5.32 Å². The van der Waals surface area contributed by atoms with E-state index in [0.29, 0.717) is 9.92 Å². The summed E-state index contributed by atoms with van der Waals surface area (Å²) in [4.78, 5) is 60.2. The molecule has 1 unspecified atom stereocenters. The number of halogens is 2. The molecule has 1 N–H and O–H groups in total. The van der Waals surface area contributed by atoms with Crippen molar-refractivity contribution in [3.8, 4) is 0 Å². The molecule has 0 aliphatic carbocycles. The number of carbonyl (C=O) groups excluding carboxylic acids is 4. The van der Waals surface area contributed by atoms with Crippen LogP contribution in [0.3, 0.4) is 0 Å². The Morgan fingerprint density at radius 3 is 2.58 bits per heavy atom. The van der Waals surface area contributed by atoms with Gasteiger partial charge in [-0.1, -0.05) is 29.3 Å². The lowest BCUT2D eigenvalue weighted by molar-refractivity contribution is -0.385. The highest BCUT2D eigenvalue weighted by atomic mass is 35.5. The van der Waals surface area contributed by atoms with Gasteiger partial charge in [0.1, 0.15) is 12.1 Å². The van der Waals surface area contributed by atoms with E-state index in [-0.39, 0.29) is 16.3 Å². The average Bonchev–Trinajstić information content (AvgIpc) is 2.95. The first-order chi connectivity index (χ1) is 14.6. The normalized spacial score (nSPS) is 13.6. The lowest BCUT2D eigenvalue weighted by atomic mass is 10.1. The summed E-state index contributed by atoms with van der Waals surface area (Å²) in [5.41, 5.74) is -0.923. The topological polar surface area (TPSA) is 136 Å². The van der Waals surface area contributed by atoms with Crippen molar-refractivity contribution in [1.82, 2.24) is 4.90 Å². The molecule has 0 fully saturated rings. The molecule has 10 nitrogen and oxygen atoms in total. The molecule has 1 atom stereocenters. The van der Waals surface area contributed by atoms with Crippen LogP contribution in [-0.2, 0) is 14.3 Å². The molecular weight excluding hydrogens is 453 g/mol. The fourth-order valence-corrected chi connectivity index (χ4v) is 3.19. The number of anilines is 1. The van der Waals surface area contributed by atoms with Gasteiger partial charge < -0.3 is 10.1 Å². The van der Waals surface area contributed by atoms with Gasteiger partial charge in [-0.2, -0.15) is 0 Å². The number of nitrogens with one attached hydrogen (secondary N) is 1. The molecule has 0 saturated carbocycles. The number of fused-ring (bicyclic) bond motifs is 1. The first-order valence-corrected chi connectivity index (χ1v) is 9.44. The highest BCUT2D eigenvalue weighted by molar-refractivity contribution is 6.35. The number of benzene rings is 2. The van der Waals surface area contributed by atoms with E-state index in [1.165, 1.54) is 37.3 Å². The van der Waals surface area contributed by atoms with Gasteiger partial charge in [-0.05, 0) is 31.2 Å². The number of carbonyl (C=O) groups is 4. The first kappa shape index (κ1) is 22.2. The Bertz CT molecular complexity index is 1140. The quantitative estimate of drug-likeness (QED) is 0.299. The van der Waals surface area contributed by atoms with Crippen molar-refractivity contribution < 1.29 is 28.8 Å². The Labute approximate surface area is 184 Å². The minimum absolute atomic E-state index is 0.187. The predicted molar refractivity (Wildman–Crippen MR) is 109 cm³/mol. The summed E-state index contributed by atoms with van der Waals surface area (Å²) in [6, 6.07) is 7.99. The number of hydrogen-bond acceptors (Lipinski definition) is 7. The molecule has 2 aromatic rings. The highest BCUT2D eigenvalue weighted by Gasteiger charge is 2.42. The van der Waals surface area contributed by atoms with E-state index in [1.807, 2.05) is 0 Å². The molecule has 0 radical (unpaired) electrons. The number of imide groups is 1. The largest absolute Gasteiger partial charge is 0.451 e. The summed E-state index contributed by atoms with van der Waals surface area (Å²) < 4.78 is 4.98. The smallest absolute Gasteiger partial charge is 0.326 e. The molecule has 31 heavy (non-hydrogen) atoms. The third-order valence-electron chi connectivity index (χ3n) is 4.32. The molecule has 0 saturated heterocycles. The Kier molecular flexibility index (Phi) is 6.23. The molecule has 2 aromatic carbocycles. The summed E-state index contributed by atoms with van der Waals surface area (Å²) >= 11 is 11.8. The number of amides is 3. The molecule has 0 aromatic heterocycles. The van der Waals surface area contributed by atoms with E-state index in [1.54, 1.807) is 0 Å².